The highest BCUT2D eigenvalue weighted by molar-refractivity contribution is 5.98. The number of fused-ring (bicyclic) bond motifs is 1. The highest BCUT2D eigenvalue weighted by atomic mass is 16.5. The van der Waals surface area contributed by atoms with E-state index in [0.29, 0.717) is 31.1 Å². The van der Waals surface area contributed by atoms with Gasteiger partial charge in [-0.15, -0.1) is 0 Å². The standard InChI is InChI=1S/C21H24N4O4.C7H8/c1-24(14-16-4-3-5-20(27)22-16)8-9-25(10-11-26)21(28)19-13-15-12-17(29-2)6-7-18(15)23-19;1-7-5-3-2-4-6-7/h3-7,11-13,23H,8-10,14H2,1-2H3,(H,22,27);2-6H,1H3. The Morgan fingerprint density at radius 2 is 1.75 bits per heavy atom. The van der Waals surface area contributed by atoms with Crippen molar-refractivity contribution in [3.63, 3.8) is 0 Å². The van der Waals surface area contributed by atoms with Gasteiger partial charge < -0.3 is 24.4 Å². The Morgan fingerprint density at radius 1 is 0.972 bits per heavy atom. The number of aldehydes is 1. The first kappa shape index (κ1) is 26.4. The molecule has 0 atom stereocenters. The molecular weight excluding hydrogens is 456 g/mol. The van der Waals surface area contributed by atoms with Gasteiger partial charge in [-0.2, -0.15) is 0 Å². The molecule has 8 nitrogen and oxygen atoms in total. The predicted molar refractivity (Wildman–Crippen MR) is 141 cm³/mol. The third-order valence-corrected chi connectivity index (χ3v) is 5.60. The monoisotopic (exact) mass is 488 g/mol. The van der Waals surface area contributed by atoms with Crippen molar-refractivity contribution in [1.82, 2.24) is 19.8 Å². The number of ether oxygens (including phenoxy) is 1. The molecule has 0 aliphatic carbocycles. The summed E-state index contributed by atoms with van der Waals surface area (Å²) >= 11 is 0. The van der Waals surface area contributed by atoms with E-state index >= 15 is 0 Å². The molecule has 2 aromatic heterocycles. The lowest BCUT2D eigenvalue weighted by Gasteiger charge is -2.23. The van der Waals surface area contributed by atoms with Gasteiger partial charge in [0.05, 0.1) is 13.7 Å². The summed E-state index contributed by atoms with van der Waals surface area (Å²) in [5, 5.41) is 0.865. The fourth-order valence-corrected chi connectivity index (χ4v) is 3.67. The summed E-state index contributed by atoms with van der Waals surface area (Å²) in [5.41, 5.74) is 3.21. The Balaban J connectivity index is 0.000000444. The summed E-state index contributed by atoms with van der Waals surface area (Å²) in [6.45, 7) is 3.55. The number of hydrogen-bond acceptors (Lipinski definition) is 5. The molecule has 0 saturated heterocycles. The number of carbonyl (C=O) groups is 2. The van der Waals surface area contributed by atoms with Crippen molar-refractivity contribution >= 4 is 23.1 Å². The Hall–Kier alpha value is -4.17. The molecule has 0 fully saturated rings. The van der Waals surface area contributed by atoms with Gasteiger partial charge in [0.15, 0.2) is 0 Å². The SMILES string of the molecule is COc1ccc2[nH]c(C(=O)N(CC=O)CCN(C)Cc3cccc(=O)[nH]3)cc2c1.Cc1ccccc1. The number of benzene rings is 2. The van der Waals surface area contributed by atoms with Crippen molar-refractivity contribution in [2.45, 2.75) is 13.5 Å². The van der Waals surface area contributed by atoms with E-state index in [-0.39, 0.29) is 18.0 Å². The van der Waals surface area contributed by atoms with E-state index in [1.165, 1.54) is 16.5 Å². The zero-order valence-corrected chi connectivity index (χ0v) is 20.9. The minimum atomic E-state index is -0.242. The van der Waals surface area contributed by atoms with Gasteiger partial charge in [-0.3, -0.25) is 14.5 Å². The maximum Gasteiger partial charge on any atom is 0.270 e. The Labute approximate surface area is 210 Å². The van der Waals surface area contributed by atoms with Crippen LogP contribution in [0.5, 0.6) is 5.75 Å². The number of aryl methyl sites for hydroxylation is 1. The van der Waals surface area contributed by atoms with Crippen LogP contribution in [-0.2, 0) is 11.3 Å². The first-order valence-electron chi connectivity index (χ1n) is 11.7. The summed E-state index contributed by atoms with van der Waals surface area (Å²) in [7, 11) is 3.48. The Bertz CT molecular complexity index is 1330. The molecule has 8 heteroatoms. The summed E-state index contributed by atoms with van der Waals surface area (Å²) in [5.74, 6) is 0.467. The average molecular weight is 489 g/mol. The van der Waals surface area contributed by atoms with Crippen molar-refractivity contribution in [2.75, 3.05) is 33.8 Å². The summed E-state index contributed by atoms with van der Waals surface area (Å²) in [4.78, 5) is 44.8. The van der Waals surface area contributed by atoms with Crippen LogP contribution in [0, 0.1) is 6.92 Å². The van der Waals surface area contributed by atoms with E-state index in [0.717, 1.165) is 22.9 Å². The van der Waals surface area contributed by atoms with E-state index < -0.39 is 0 Å². The van der Waals surface area contributed by atoms with Gasteiger partial charge in [0.2, 0.25) is 5.56 Å². The molecule has 0 aliphatic heterocycles. The minimum absolute atomic E-state index is 0.00747. The van der Waals surface area contributed by atoms with Crippen LogP contribution >= 0.6 is 0 Å². The van der Waals surface area contributed by atoms with E-state index in [4.69, 9.17) is 4.74 Å². The van der Waals surface area contributed by atoms with Crippen LogP contribution < -0.4 is 10.3 Å². The number of amides is 1. The maximum absolute atomic E-state index is 12.9. The number of nitrogens with one attached hydrogen (secondary N) is 2. The summed E-state index contributed by atoms with van der Waals surface area (Å²) in [6, 6.07) is 22.5. The third kappa shape index (κ3) is 7.68. The van der Waals surface area contributed by atoms with Gasteiger partial charge in [-0.05, 0) is 44.3 Å². The van der Waals surface area contributed by atoms with Gasteiger partial charge in [-0.25, -0.2) is 0 Å². The molecule has 0 bridgehead atoms. The number of aromatic nitrogens is 2. The van der Waals surface area contributed by atoms with Gasteiger partial charge in [0.1, 0.15) is 17.7 Å². The van der Waals surface area contributed by atoms with Crippen LogP contribution in [-0.4, -0.2) is 65.8 Å². The second-order valence-corrected chi connectivity index (χ2v) is 8.49. The molecule has 2 N–H and O–H groups in total. The Kier molecular flexibility index (Phi) is 9.59. The fourth-order valence-electron chi connectivity index (χ4n) is 3.67. The number of H-pyrrole nitrogens is 2. The largest absolute Gasteiger partial charge is 0.497 e. The van der Waals surface area contributed by atoms with E-state index in [1.807, 2.05) is 54.4 Å². The number of pyridine rings is 1. The second kappa shape index (κ2) is 13.1. The fraction of sp³-hybridized carbons (Fsp3) is 0.250. The van der Waals surface area contributed by atoms with Crippen LogP contribution in [0.4, 0.5) is 0 Å². The van der Waals surface area contributed by atoms with Crippen molar-refractivity contribution < 1.29 is 14.3 Å². The number of hydrogen-bond donors (Lipinski definition) is 2. The molecule has 0 aliphatic rings. The molecule has 0 spiro atoms. The molecule has 0 saturated carbocycles. The molecule has 2 heterocycles. The lowest BCUT2D eigenvalue weighted by molar-refractivity contribution is -0.108. The van der Waals surface area contributed by atoms with E-state index in [9.17, 15) is 14.4 Å². The molecule has 4 aromatic rings. The first-order chi connectivity index (χ1) is 17.4. The lowest BCUT2D eigenvalue weighted by atomic mass is 10.2. The second-order valence-electron chi connectivity index (χ2n) is 8.49. The predicted octanol–water partition coefficient (Wildman–Crippen LogP) is 3.63. The number of nitrogens with zero attached hydrogens (tertiary/aromatic N) is 2. The summed E-state index contributed by atoms with van der Waals surface area (Å²) in [6.07, 6.45) is 0.720. The zero-order valence-electron chi connectivity index (χ0n) is 20.9. The van der Waals surface area contributed by atoms with Crippen molar-refractivity contribution in [3.8, 4) is 5.75 Å². The quantitative estimate of drug-likeness (QED) is 0.351. The van der Waals surface area contributed by atoms with E-state index in [2.05, 4.69) is 29.0 Å². The van der Waals surface area contributed by atoms with Gasteiger partial charge in [0.25, 0.3) is 5.91 Å². The van der Waals surface area contributed by atoms with Gasteiger partial charge >= 0.3 is 0 Å². The van der Waals surface area contributed by atoms with Crippen LogP contribution in [0.25, 0.3) is 10.9 Å². The van der Waals surface area contributed by atoms with E-state index in [1.54, 1.807) is 19.2 Å². The third-order valence-electron chi connectivity index (χ3n) is 5.60. The number of rotatable bonds is 9. The van der Waals surface area contributed by atoms with Crippen LogP contribution in [0.15, 0.2) is 77.6 Å². The van der Waals surface area contributed by atoms with Crippen molar-refractivity contribution in [2.24, 2.45) is 0 Å². The normalized spacial score (nSPS) is 10.6. The number of aromatic amines is 2. The molecule has 188 valence electrons. The molecule has 36 heavy (non-hydrogen) atoms. The molecule has 0 radical (unpaired) electrons. The van der Waals surface area contributed by atoms with Gasteiger partial charge in [0, 0.05) is 42.3 Å². The number of likely N-dealkylation sites (N-methyl/N-ethyl adjacent to an activating group) is 1. The topological polar surface area (TPSA) is 98.5 Å². The first-order valence-corrected chi connectivity index (χ1v) is 11.7. The molecule has 2 aromatic carbocycles. The molecular formula is C28H32N4O4. The highest BCUT2D eigenvalue weighted by Crippen LogP contribution is 2.22. The minimum Gasteiger partial charge on any atom is -0.497 e. The van der Waals surface area contributed by atoms with Crippen LogP contribution in [0.2, 0.25) is 0 Å². The number of carbonyl (C=O) groups excluding carboxylic acids is 2. The zero-order chi connectivity index (χ0) is 25.9. The Morgan fingerprint density at radius 3 is 2.39 bits per heavy atom. The van der Waals surface area contributed by atoms with Crippen molar-refractivity contribution in [3.05, 3.63) is 100 Å². The molecule has 0 unspecified atom stereocenters. The van der Waals surface area contributed by atoms with Crippen LogP contribution in [0.1, 0.15) is 21.7 Å². The smallest absolute Gasteiger partial charge is 0.270 e. The average Bonchev–Trinajstić information content (AvgIpc) is 3.30. The van der Waals surface area contributed by atoms with Crippen molar-refractivity contribution in [1.29, 1.82) is 0 Å². The highest BCUT2D eigenvalue weighted by Gasteiger charge is 2.18. The number of methoxy groups -OCH3 is 1. The van der Waals surface area contributed by atoms with Gasteiger partial charge in [-0.1, -0.05) is 42.0 Å². The molecule has 4 rings (SSSR count). The summed E-state index contributed by atoms with van der Waals surface area (Å²) < 4.78 is 5.22. The van der Waals surface area contributed by atoms with Crippen LogP contribution in [0.3, 0.4) is 0 Å². The maximum atomic E-state index is 12.9. The molecule has 1 amide bonds. The lowest BCUT2D eigenvalue weighted by Crippen LogP contribution is -2.38.